The van der Waals surface area contributed by atoms with Crippen molar-refractivity contribution in [3.63, 3.8) is 0 Å². The first-order chi connectivity index (χ1) is 9.35. The van der Waals surface area contributed by atoms with Crippen molar-refractivity contribution in [2.45, 2.75) is 45.4 Å². The molecule has 0 saturated heterocycles. The van der Waals surface area contributed by atoms with E-state index in [1.807, 2.05) is 30.3 Å². The molecule has 1 N–H and O–H groups in total. The predicted octanol–water partition coefficient (Wildman–Crippen LogP) is 4.02. The van der Waals surface area contributed by atoms with Crippen LogP contribution in [0.3, 0.4) is 0 Å². The standard InChI is InChI=1S/C17H27NO/c1-2-18-15-17(11-6-7-12-17)13-8-14-19-16-9-4-3-5-10-16/h3-5,9-10,18H,2,6-8,11-15H2,1H3. The molecule has 19 heavy (non-hydrogen) atoms. The van der Waals surface area contributed by atoms with Crippen LogP contribution in [-0.2, 0) is 0 Å². The number of para-hydroxylation sites is 1. The molecule has 1 aliphatic rings. The van der Waals surface area contributed by atoms with Crippen LogP contribution < -0.4 is 10.1 Å². The molecule has 0 atom stereocenters. The van der Waals surface area contributed by atoms with Crippen LogP contribution in [-0.4, -0.2) is 19.7 Å². The zero-order valence-corrected chi connectivity index (χ0v) is 12.2. The Hall–Kier alpha value is -1.02. The van der Waals surface area contributed by atoms with Crippen molar-refractivity contribution in [1.82, 2.24) is 5.32 Å². The summed E-state index contributed by atoms with van der Waals surface area (Å²) < 4.78 is 5.79. The summed E-state index contributed by atoms with van der Waals surface area (Å²) in [6.07, 6.45) is 8.07. The third-order valence-corrected chi connectivity index (χ3v) is 4.28. The van der Waals surface area contributed by atoms with E-state index in [0.717, 1.165) is 18.9 Å². The summed E-state index contributed by atoms with van der Waals surface area (Å²) in [6, 6.07) is 10.1. The van der Waals surface area contributed by atoms with Gasteiger partial charge in [-0.1, -0.05) is 38.0 Å². The van der Waals surface area contributed by atoms with E-state index in [0.29, 0.717) is 5.41 Å². The van der Waals surface area contributed by atoms with Crippen LogP contribution in [0.1, 0.15) is 45.4 Å². The zero-order valence-electron chi connectivity index (χ0n) is 12.2. The second kappa shape index (κ2) is 7.54. The molecule has 1 aliphatic carbocycles. The van der Waals surface area contributed by atoms with Gasteiger partial charge in [0.05, 0.1) is 6.61 Å². The SMILES string of the molecule is CCNCC1(CCCOc2ccccc2)CCCC1. The second-order valence-electron chi connectivity index (χ2n) is 5.75. The molecule has 0 amide bonds. The third-order valence-electron chi connectivity index (χ3n) is 4.28. The summed E-state index contributed by atoms with van der Waals surface area (Å²) in [6.45, 7) is 5.32. The van der Waals surface area contributed by atoms with Crippen LogP contribution in [0.4, 0.5) is 0 Å². The Labute approximate surface area is 117 Å². The minimum absolute atomic E-state index is 0.552. The molecule has 1 saturated carbocycles. The highest BCUT2D eigenvalue weighted by atomic mass is 16.5. The molecule has 0 aliphatic heterocycles. The Kier molecular flexibility index (Phi) is 5.71. The fourth-order valence-electron chi connectivity index (χ4n) is 3.18. The third kappa shape index (κ3) is 4.54. The Balaban J connectivity index is 1.70. The molecule has 1 aromatic rings. The topological polar surface area (TPSA) is 21.3 Å². The monoisotopic (exact) mass is 261 g/mol. The molecule has 0 aromatic heterocycles. The first kappa shape index (κ1) is 14.4. The van der Waals surface area contributed by atoms with E-state index in [9.17, 15) is 0 Å². The quantitative estimate of drug-likeness (QED) is 0.714. The van der Waals surface area contributed by atoms with Gasteiger partial charge >= 0.3 is 0 Å². The van der Waals surface area contributed by atoms with Crippen LogP contribution in [0.2, 0.25) is 0 Å². The van der Waals surface area contributed by atoms with Crippen LogP contribution in [0, 0.1) is 5.41 Å². The van der Waals surface area contributed by atoms with Gasteiger partial charge in [0.2, 0.25) is 0 Å². The summed E-state index contributed by atoms with van der Waals surface area (Å²) in [4.78, 5) is 0. The van der Waals surface area contributed by atoms with Gasteiger partial charge in [-0.05, 0) is 49.8 Å². The van der Waals surface area contributed by atoms with E-state index in [2.05, 4.69) is 12.2 Å². The molecule has 2 nitrogen and oxygen atoms in total. The van der Waals surface area contributed by atoms with Gasteiger partial charge in [-0.2, -0.15) is 0 Å². The molecule has 0 unspecified atom stereocenters. The highest BCUT2D eigenvalue weighted by Crippen LogP contribution is 2.41. The fourth-order valence-corrected chi connectivity index (χ4v) is 3.18. The van der Waals surface area contributed by atoms with E-state index in [1.165, 1.54) is 45.1 Å². The fraction of sp³-hybridized carbons (Fsp3) is 0.647. The van der Waals surface area contributed by atoms with Crippen molar-refractivity contribution in [3.8, 4) is 5.75 Å². The molecule has 0 bridgehead atoms. The lowest BCUT2D eigenvalue weighted by molar-refractivity contribution is 0.220. The summed E-state index contributed by atoms with van der Waals surface area (Å²) >= 11 is 0. The van der Waals surface area contributed by atoms with E-state index in [-0.39, 0.29) is 0 Å². The molecule has 2 rings (SSSR count). The number of rotatable bonds is 8. The van der Waals surface area contributed by atoms with Gasteiger partial charge < -0.3 is 10.1 Å². The van der Waals surface area contributed by atoms with E-state index >= 15 is 0 Å². The minimum Gasteiger partial charge on any atom is -0.494 e. The first-order valence-corrected chi connectivity index (χ1v) is 7.73. The molecular formula is C17H27NO. The van der Waals surface area contributed by atoms with Crippen molar-refractivity contribution in [2.75, 3.05) is 19.7 Å². The van der Waals surface area contributed by atoms with Crippen molar-refractivity contribution in [2.24, 2.45) is 5.41 Å². The lowest BCUT2D eigenvalue weighted by atomic mass is 9.81. The van der Waals surface area contributed by atoms with Crippen molar-refractivity contribution in [3.05, 3.63) is 30.3 Å². The average molecular weight is 261 g/mol. The first-order valence-electron chi connectivity index (χ1n) is 7.73. The largest absolute Gasteiger partial charge is 0.494 e. The van der Waals surface area contributed by atoms with Gasteiger partial charge in [0.25, 0.3) is 0 Å². The maximum atomic E-state index is 5.79. The van der Waals surface area contributed by atoms with Gasteiger partial charge in [-0.3, -0.25) is 0 Å². The Morgan fingerprint density at radius 1 is 1.16 bits per heavy atom. The maximum Gasteiger partial charge on any atom is 0.119 e. The summed E-state index contributed by atoms with van der Waals surface area (Å²) in [5.41, 5.74) is 0.552. The normalized spacial score (nSPS) is 17.5. The molecule has 2 heteroatoms. The van der Waals surface area contributed by atoms with Crippen molar-refractivity contribution < 1.29 is 4.74 Å². The number of hydrogen-bond acceptors (Lipinski definition) is 2. The number of ether oxygens (including phenoxy) is 1. The smallest absolute Gasteiger partial charge is 0.119 e. The van der Waals surface area contributed by atoms with E-state index in [1.54, 1.807) is 0 Å². The number of nitrogens with one attached hydrogen (secondary N) is 1. The second-order valence-corrected chi connectivity index (χ2v) is 5.75. The molecule has 1 fully saturated rings. The lowest BCUT2D eigenvalue weighted by Gasteiger charge is -2.29. The highest BCUT2D eigenvalue weighted by molar-refractivity contribution is 5.20. The Bertz CT molecular complexity index is 344. The van der Waals surface area contributed by atoms with Gasteiger partial charge in [0.1, 0.15) is 5.75 Å². The van der Waals surface area contributed by atoms with Crippen LogP contribution >= 0.6 is 0 Å². The number of hydrogen-bond donors (Lipinski definition) is 1. The Morgan fingerprint density at radius 3 is 2.58 bits per heavy atom. The molecular weight excluding hydrogens is 234 g/mol. The van der Waals surface area contributed by atoms with Crippen LogP contribution in [0.15, 0.2) is 30.3 Å². The highest BCUT2D eigenvalue weighted by Gasteiger charge is 2.32. The minimum atomic E-state index is 0.552. The van der Waals surface area contributed by atoms with Gasteiger partial charge in [0.15, 0.2) is 0 Å². The van der Waals surface area contributed by atoms with E-state index in [4.69, 9.17) is 4.74 Å². The molecule has 0 radical (unpaired) electrons. The van der Waals surface area contributed by atoms with Gasteiger partial charge in [-0.25, -0.2) is 0 Å². The number of benzene rings is 1. The average Bonchev–Trinajstić information content (AvgIpc) is 2.92. The Morgan fingerprint density at radius 2 is 1.89 bits per heavy atom. The van der Waals surface area contributed by atoms with Crippen molar-refractivity contribution >= 4 is 0 Å². The summed E-state index contributed by atoms with van der Waals surface area (Å²) in [5, 5.41) is 3.55. The van der Waals surface area contributed by atoms with Crippen LogP contribution in [0.25, 0.3) is 0 Å². The molecule has 1 aromatic carbocycles. The lowest BCUT2D eigenvalue weighted by Crippen LogP contribution is -2.32. The zero-order chi connectivity index (χ0) is 13.4. The van der Waals surface area contributed by atoms with E-state index < -0.39 is 0 Å². The van der Waals surface area contributed by atoms with Crippen LogP contribution in [0.5, 0.6) is 5.75 Å². The summed E-state index contributed by atoms with van der Waals surface area (Å²) in [7, 11) is 0. The summed E-state index contributed by atoms with van der Waals surface area (Å²) in [5.74, 6) is 0.995. The van der Waals surface area contributed by atoms with Gasteiger partial charge in [0, 0.05) is 6.54 Å². The van der Waals surface area contributed by atoms with Crippen molar-refractivity contribution in [1.29, 1.82) is 0 Å². The maximum absolute atomic E-state index is 5.79. The molecule has 0 spiro atoms. The van der Waals surface area contributed by atoms with Gasteiger partial charge in [-0.15, -0.1) is 0 Å². The molecule has 106 valence electrons. The predicted molar refractivity (Wildman–Crippen MR) is 80.6 cm³/mol. The molecule has 0 heterocycles.